The van der Waals surface area contributed by atoms with Crippen LogP contribution in [0.2, 0.25) is 0 Å². The molecule has 0 atom stereocenters. The molecular formula is C10H24O. The van der Waals surface area contributed by atoms with E-state index in [0.29, 0.717) is 5.41 Å². The van der Waals surface area contributed by atoms with Gasteiger partial charge in [0.15, 0.2) is 0 Å². The average Bonchev–Trinajstić information content (AvgIpc) is 1.84. The van der Waals surface area contributed by atoms with Crippen molar-refractivity contribution in [1.82, 2.24) is 0 Å². The molecule has 0 saturated carbocycles. The number of hydrogen-bond donors (Lipinski definition) is 0. The molecule has 0 aromatic rings. The van der Waals surface area contributed by atoms with Gasteiger partial charge < -0.3 is 4.74 Å². The van der Waals surface area contributed by atoms with Crippen molar-refractivity contribution < 1.29 is 4.74 Å². The van der Waals surface area contributed by atoms with Crippen LogP contribution in [0.4, 0.5) is 0 Å². The summed E-state index contributed by atoms with van der Waals surface area (Å²) in [5.41, 5.74) is 0.329. The smallest absolute Gasteiger partial charge is 0.0514 e. The van der Waals surface area contributed by atoms with E-state index in [0.717, 1.165) is 13.2 Å². The Morgan fingerprint density at radius 2 is 1.36 bits per heavy atom. The monoisotopic (exact) mass is 160 g/mol. The third-order valence-electron chi connectivity index (χ3n) is 0.739. The molecular weight excluding hydrogens is 136 g/mol. The summed E-state index contributed by atoms with van der Waals surface area (Å²) in [7, 11) is 0. The van der Waals surface area contributed by atoms with Crippen molar-refractivity contribution in [3.63, 3.8) is 0 Å². The zero-order valence-electron chi connectivity index (χ0n) is 9.03. The normalized spacial score (nSPS) is 10.4. The van der Waals surface area contributed by atoms with Crippen molar-refractivity contribution in [2.75, 3.05) is 13.2 Å². The van der Waals surface area contributed by atoms with Crippen LogP contribution < -0.4 is 0 Å². The number of hydrogen-bond acceptors (Lipinski definition) is 1. The van der Waals surface area contributed by atoms with Gasteiger partial charge in [-0.2, -0.15) is 0 Å². The molecule has 0 unspecified atom stereocenters. The maximum Gasteiger partial charge on any atom is 0.0514 e. The molecule has 11 heavy (non-hydrogen) atoms. The van der Waals surface area contributed by atoms with E-state index in [4.69, 9.17) is 4.74 Å². The van der Waals surface area contributed by atoms with Gasteiger partial charge in [-0.1, -0.05) is 41.0 Å². The molecule has 0 radical (unpaired) electrons. The fourth-order valence-corrected chi connectivity index (χ4v) is 0.408. The zero-order chi connectivity index (χ0) is 9.33. The minimum atomic E-state index is 0.329. The van der Waals surface area contributed by atoms with Crippen LogP contribution in [-0.4, -0.2) is 13.2 Å². The summed E-state index contributed by atoms with van der Waals surface area (Å²) < 4.78 is 5.20. The van der Waals surface area contributed by atoms with Gasteiger partial charge in [0.2, 0.25) is 0 Å². The van der Waals surface area contributed by atoms with Gasteiger partial charge in [-0.15, -0.1) is 0 Å². The Morgan fingerprint density at radius 1 is 1.00 bits per heavy atom. The predicted molar refractivity (Wildman–Crippen MR) is 51.9 cm³/mol. The summed E-state index contributed by atoms with van der Waals surface area (Å²) in [5, 5.41) is 0. The Labute approximate surface area is 72.1 Å². The maximum absolute atomic E-state index is 5.20. The molecule has 0 saturated heterocycles. The SMILES string of the molecule is CCC.CCOCC(C)(C)C. The molecule has 1 nitrogen and oxygen atoms in total. The van der Waals surface area contributed by atoms with E-state index in [1.165, 1.54) is 6.42 Å². The Hall–Kier alpha value is -0.0400. The quantitative estimate of drug-likeness (QED) is 0.601. The first-order chi connectivity index (χ1) is 4.97. The van der Waals surface area contributed by atoms with Gasteiger partial charge in [0.25, 0.3) is 0 Å². The summed E-state index contributed by atoms with van der Waals surface area (Å²) in [5.74, 6) is 0. The standard InChI is InChI=1S/C7H16O.C3H8/c1-5-8-6-7(2,3)4;1-3-2/h5-6H2,1-4H3;3H2,1-2H3. The minimum Gasteiger partial charge on any atom is -0.381 e. The predicted octanol–water partition coefficient (Wildman–Crippen LogP) is 3.49. The lowest BCUT2D eigenvalue weighted by Gasteiger charge is -2.16. The van der Waals surface area contributed by atoms with Crippen LogP contribution in [0.25, 0.3) is 0 Å². The molecule has 70 valence electrons. The summed E-state index contributed by atoms with van der Waals surface area (Å²) in [4.78, 5) is 0. The van der Waals surface area contributed by atoms with Gasteiger partial charge in [0.1, 0.15) is 0 Å². The van der Waals surface area contributed by atoms with Crippen molar-refractivity contribution in [3.05, 3.63) is 0 Å². The van der Waals surface area contributed by atoms with Crippen LogP contribution in [0.3, 0.4) is 0 Å². The topological polar surface area (TPSA) is 9.23 Å². The van der Waals surface area contributed by atoms with Crippen molar-refractivity contribution >= 4 is 0 Å². The lowest BCUT2D eigenvalue weighted by atomic mass is 9.99. The molecule has 0 aliphatic carbocycles. The van der Waals surface area contributed by atoms with Crippen molar-refractivity contribution in [2.24, 2.45) is 5.41 Å². The first-order valence-electron chi connectivity index (χ1n) is 4.55. The first-order valence-corrected chi connectivity index (χ1v) is 4.55. The molecule has 0 amide bonds. The van der Waals surface area contributed by atoms with E-state index in [2.05, 4.69) is 34.6 Å². The van der Waals surface area contributed by atoms with Gasteiger partial charge in [0.05, 0.1) is 6.61 Å². The van der Waals surface area contributed by atoms with E-state index >= 15 is 0 Å². The van der Waals surface area contributed by atoms with Gasteiger partial charge in [-0.05, 0) is 12.3 Å². The average molecular weight is 160 g/mol. The second-order valence-electron chi connectivity index (χ2n) is 3.90. The lowest BCUT2D eigenvalue weighted by Crippen LogP contribution is -2.14. The second-order valence-corrected chi connectivity index (χ2v) is 3.90. The van der Waals surface area contributed by atoms with Crippen LogP contribution in [0.1, 0.15) is 48.0 Å². The Kier molecular flexibility index (Phi) is 9.92. The highest BCUT2D eigenvalue weighted by atomic mass is 16.5. The number of rotatable bonds is 2. The van der Waals surface area contributed by atoms with Crippen molar-refractivity contribution in [1.29, 1.82) is 0 Å². The summed E-state index contributed by atoms with van der Waals surface area (Å²) >= 11 is 0. The largest absolute Gasteiger partial charge is 0.381 e. The highest BCUT2D eigenvalue weighted by Crippen LogP contribution is 2.12. The fraction of sp³-hybridized carbons (Fsp3) is 1.00. The van der Waals surface area contributed by atoms with Gasteiger partial charge >= 0.3 is 0 Å². The van der Waals surface area contributed by atoms with Gasteiger partial charge in [-0.3, -0.25) is 0 Å². The first kappa shape index (κ1) is 13.5. The van der Waals surface area contributed by atoms with E-state index in [9.17, 15) is 0 Å². The molecule has 0 aliphatic heterocycles. The van der Waals surface area contributed by atoms with E-state index in [-0.39, 0.29) is 0 Å². The Morgan fingerprint density at radius 3 is 1.45 bits per heavy atom. The highest BCUT2D eigenvalue weighted by Gasteiger charge is 2.08. The molecule has 0 bridgehead atoms. The molecule has 0 aromatic carbocycles. The summed E-state index contributed by atoms with van der Waals surface area (Å²) in [6, 6.07) is 0. The highest BCUT2D eigenvalue weighted by molar-refractivity contribution is 4.57. The Bertz CT molecular complexity index is 61.8. The maximum atomic E-state index is 5.20. The van der Waals surface area contributed by atoms with Crippen LogP contribution in [0.15, 0.2) is 0 Å². The number of ether oxygens (including phenoxy) is 1. The summed E-state index contributed by atoms with van der Waals surface area (Å²) in [6.45, 7) is 14.5. The molecule has 1 heteroatoms. The van der Waals surface area contributed by atoms with Gasteiger partial charge in [0, 0.05) is 6.61 Å². The third kappa shape index (κ3) is 25.7. The van der Waals surface area contributed by atoms with Gasteiger partial charge in [-0.25, -0.2) is 0 Å². The molecule has 0 aromatic heterocycles. The fourth-order valence-electron chi connectivity index (χ4n) is 0.408. The van der Waals surface area contributed by atoms with E-state index < -0.39 is 0 Å². The van der Waals surface area contributed by atoms with Crippen molar-refractivity contribution in [3.8, 4) is 0 Å². The third-order valence-corrected chi connectivity index (χ3v) is 0.739. The van der Waals surface area contributed by atoms with Crippen LogP contribution in [0.5, 0.6) is 0 Å². The molecule has 0 rings (SSSR count). The molecule has 0 heterocycles. The van der Waals surface area contributed by atoms with Crippen molar-refractivity contribution in [2.45, 2.75) is 48.0 Å². The lowest BCUT2D eigenvalue weighted by molar-refractivity contribution is 0.0805. The molecule has 0 aliphatic rings. The van der Waals surface area contributed by atoms with E-state index in [1.54, 1.807) is 0 Å². The minimum absolute atomic E-state index is 0.329. The summed E-state index contributed by atoms with van der Waals surface area (Å²) in [6.07, 6.45) is 1.25. The van der Waals surface area contributed by atoms with Crippen LogP contribution in [0, 0.1) is 5.41 Å². The van der Waals surface area contributed by atoms with E-state index in [1.807, 2.05) is 6.92 Å². The zero-order valence-corrected chi connectivity index (χ0v) is 9.03. The van der Waals surface area contributed by atoms with Crippen LogP contribution >= 0.6 is 0 Å². The molecule has 0 N–H and O–H groups in total. The molecule has 0 fully saturated rings. The molecule has 0 spiro atoms. The van der Waals surface area contributed by atoms with Crippen LogP contribution in [-0.2, 0) is 4.74 Å². The Balaban J connectivity index is 0. The second kappa shape index (κ2) is 8.06.